The van der Waals surface area contributed by atoms with Crippen LogP contribution in [0.3, 0.4) is 0 Å². The van der Waals surface area contributed by atoms with Crippen LogP contribution in [0.2, 0.25) is 0 Å². The predicted molar refractivity (Wildman–Crippen MR) is 113 cm³/mol. The van der Waals surface area contributed by atoms with Crippen molar-refractivity contribution < 1.29 is 4.79 Å². The summed E-state index contributed by atoms with van der Waals surface area (Å²) < 4.78 is 0. The Bertz CT molecular complexity index is 356. The molecule has 0 aromatic carbocycles. The molecule has 25 heavy (non-hydrogen) atoms. The monoisotopic (exact) mass is 374 g/mol. The van der Waals surface area contributed by atoms with Gasteiger partial charge in [-0.1, -0.05) is 77.2 Å². The quantitative estimate of drug-likeness (QED) is 0.203. The summed E-state index contributed by atoms with van der Waals surface area (Å²) in [6, 6.07) is 0. The number of likely N-dealkylation sites (N-methyl/N-ethyl adjacent to an activating group) is 1. The van der Waals surface area contributed by atoms with Crippen molar-refractivity contribution in [1.29, 1.82) is 0 Å². The molecule has 1 N–H and O–H groups in total. The molecule has 0 radical (unpaired) electrons. The lowest BCUT2D eigenvalue weighted by Crippen LogP contribution is -2.40. The summed E-state index contributed by atoms with van der Waals surface area (Å²) in [4.78, 5) is 12.3. The van der Waals surface area contributed by atoms with Crippen LogP contribution in [0.1, 0.15) is 105 Å². The topological polar surface area (TPSA) is 32.3 Å². The van der Waals surface area contributed by atoms with Crippen LogP contribution < -0.4 is 5.43 Å². The van der Waals surface area contributed by atoms with Crippen LogP contribution in [0.15, 0.2) is 11.1 Å². The number of carbonyl (C=O) groups excluding carboxylic acids is 1. The number of hydrazine groups is 1. The fraction of sp³-hybridized carbons (Fsp3) is 0.857. The molecule has 0 bridgehead atoms. The van der Waals surface area contributed by atoms with E-state index in [-0.39, 0.29) is 18.3 Å². The molecule has 0 saturated heterocycles. The predicted octanol–water partition coefficient (Wildman–Crippen LogP) is 6.43. The fourth-order valence-electron chi connectivity index (χ4n) is 2.85. The van der Waals surface area contributed by atoms with Crippen molar-refractivity contribution in [2.45, 2.75) is 105 Å². The number of nitrogens with zero attached hydrogens (tertiary/aromatic N) is 1. The molecule has 0 aromatic heterocycles. The van der Waals surface area contributed by atoms with E-state index in [1.807, 2.05) is 14.0 Å². The zero-order valence-electron chi connectivity index (χ0n) is 17.5. The minimum atomic E-state index is 0. The normalized spacial score (nSPS) is 11.7. The van der Waals surface area contributed by atoms with Gasteiger partial charge in [0.1, 0.15) is 0 Å². The molecule has 0 heterocycles. The number of hydrogen-bond donors (Lipinski definition) is 1. The van der Waals surface area contributed by atoms with Gasteiger partial charge in [-0.25, -0.2) is 5.43 Å². The molecule has 0 aliphatic rings. The van der Waals surface area contributed by atoms with Crippen molar-refractivity contribution in [3.8, 4) is 0 Å². The van der Waals surface area contributed by atoms with Crippen molar-refractivity contribution in [2.24, 2.45) is 0 Å². The Kier molecular flexibility index (Phi) is 19.5. The van der Waals surface area contributed by atoms with Gasteiger partial charge < -0.3 is 0 Å². The zero-order chi connectivity index (χ0) is 18.2. The Morgan fingerprint density at radius 1 is 0.800 bits per heavy atom. The van der Waals surface area contributed by atoms with E-state index >= 15 is 0 Å². The third kappa shape index (κ3) is 14.3. The zero-order valence-corrected chi connectivity index (χ0v) is 18.3. The number of hydrogen-bond acceptors (Lipinski definition) is 2. The van der Waals surface area contributed by atoms with Gasteiger partial charge in [0.15, 0.2) is 0 Å². The Labute approximate surface area is 163 Å². The number of nitrogens with one attached hydrogen (secondary N) is 1. The highest BCUT2D eigenvalue weighted by Crippen LogP contribution is 2.16. The number of allylic oxidation sites excluding steroid dienone is 1. The second-order valence-corrected chi connectivity index (χ2v) is 7.11. The molecule has 0 saturated carbocycles. The van der Waals surface area contributed by atoms with Crippen LogP contribution in [-0.4, -0.2) is 24.5 Å². The van der Waals surface area contributed by atoms with E-state index in [9.17, 15) is 4.79 Å². The summed E-state index contributed by atoms with van der Waals surface area (Å²) in [5.41, 5.74) is 5.27. The first-order chi connectivity index (χ1) is 11.5. The van der Waals surface area contributed by atoms with Crippen LogP contribution in [0.4, 0.5) is 0 Å². The first-order valence-corrected chi connectivity index (χ1v) is 10.2. The fourth-order valence-corrected chi connectivity index (χ4v) is 2.85. The smallest absolute Gasteiger partial charge is 0.263 e. The van der Waals surface area contributed by atoms with E-state index in [2.05, 4.69) is 26.2 Å². The van der Waals surface area contributed by atoms with E-state index in [1.54, 1.807) is 5.01 Å². The Hall–Kier alpha value is -0.540. The molecule has 0 unspecified atom stereocenters. The minimum absolute atomic E-state index is 0. The summed E-state index contributed by atoms with van der Waals surface area (Å²) in [5, 5.41) is 1.63. The molecule has 1 amide bonds. The van der Waals surface area contributed by atoms with E-state index in [0.717, 1.165) is 25.0 Å². The van der Waals surface area contributed by atoms with Gasteiger partial charge in [0.25, 0.3) is 5.91 Å². The highest BCUT2D eigenvalue weighted by molar-refractivity contribution is 5.93. The van der Waals surface area contributed by atoms with E-state index in [1.165, 1.54) is 69.8 Å². The van der Waals surface area contributed by atoms with Crippen LogP contribution in [0.5, 0.6) is 0 Å². The second kappa shape index (κ2) is 18.3. The molecule has 0 atom stereocenters. The van der Waals surface area contributed by atoms with Crippen LogP contribution in [-0.2, 0) is 4.79 Å². The maximum Gasteiger partial charge on any atom is 0.263 e. The molecule has 4 heteroatoms. The van der Waals surface area contributed by atoms with Crippen molar-refractivity contribution in [3.63, 3.8) is 0 Å². The van der Waals surface area contributed by atoms with Gasteiger partial charge in [-0.05, 0) is 33.1 Å². The number of carbonyl (C=O) groups is 1. The van der Waals surface area contributed by atoms with Crippen molar-refractivity contribution in [1.82, 2.24) is 10.4 Å². The van der Waals surface area contributed by atoms with Gasteiger partial charge in [0.05, 0.1) is 0 Å². The van der Waals surface area contributed by atoms with Crippen LogP contribution >= 0.6 is 12.4 Å². The lowest BCUT2D eigenvalue weighted by molar-refractivity contribution is -0.128. The Morgan fingerprint density at radius 2 is 1.28 bits per heavy atom. The second-order valence-electron chi connectivity index (χ2n) is 7.11. The van der Waals surface area contributed by atoms with Crippen molar-refractivity contribution >= 4 is 18.3 Å². The maximum atomic E-state index is 12.3. The van der Waals surface area contributed by atoms with Crippen molar-refractivity contribution in [2.75, 3.05) is 13.6 Å². The van der Waals surface area contributed by atoms with Crippen molar-refractivity contribution in [3.05, 3.63) is 11.1 Å². The third-order valence-corrected chi connectivity index (χ3v) is 4.77. The first-order valence-electron chi connectivity index (χ1n) is 10.2. The van der Waals surface area contributed by atoms with Gasteiger partial charge in [-0.2, -0.15) is 0 Å². The van der Waals surface area contributed by atoms with Crippen LogP contribution in [0.25, 0.3) is 0 Å². The molecule has 0 aliphatic heterocycles. The molecule has 150 valence electrons. The molecule has 0 spiro atoms. The van der Waals surface area contributed by atoms with Gasteiger partial charge in [-0.3, -0.25) is 9.80 Å². The lowest BCUT2D eigenvalue weighted by atomic mass is 10.0. The van der Waals surface area contributed by atoms with Gasteiger partial charge >= 0.3 is 0 Å². The number of rotatable bonds is 15. The highest BCUT2D eigenvalue weighted by Gasteiger charge is 2.12. The molecule has 0 aromatic rings. The summed E-state index contributed by atoms with van der Waals surface area (Å²) in [5.74, 6) is 0.105. The average Bonchev–Trinajstić information content (AvgIpc) is 2.59. The van der Waals surface area contributed by atoms with E-state index in [0.29, 0.717) is 0 Å². The van der Waals surface area contributed by atoms with Gasteiger partial charge in [-0.15, -0.1) is 12.4 Å². The molecule has 3 nitrogen and oxygen atoms in total. The maximum absolute atomic E-state index is 12.3. The Morgan fingerprint density at radius 3 is 1.76 bits per heavy atom. The van der Waals surface area contributed by atoms with E-state index < -0.39 is 0 Å². The third-order valence-electron chi connectivity index (χ3n) is 4.77. The summed E-state index contributed by atoms with van der Waals surface area (Å²) in [7, 11) is 1.81. The van der Waals surface area contributed by atoms with Crippen LogP contribution in [0, 0.1) is 0 Å². The average molecular weight is 375 g/mol. The molecular weight excluding hydrogens is 332 g/mol. The highest BCUT2D eigenvalue weighted by atomic mass is 35.5. The lowest BCUT2D eigenvalue weighted by Gasteiger charge is -2.19. The standard InChI is InChI=1S/C21H42N2O.ClH/c1-6-8-9-10-11-12-13-14-15-16-17-19(3)20(4)21(24)23(5)22-18-7-2;/h22H,6-18H2,1-5H3;1H. The molecule has 0 aliphatic carbocycles. The largest absolute Gasteiger partial charge is 0.277 e. The molecular formula is C21H43ClN2O. The molecule has 0 fully saturated rings. The Balaban J connectivity index is 0. The summed E-state index contributed by atoms with van der Waals surface area (Å²) in [6.07, 6.45) is 15.6. The number of amides is 1. The SMILES string of the molecule is CCCCCCCCCCCCC(C)=C(C)C(=O)N(C)NCCC.Cl. The summed E-state index contributed by atoms with van der Waals surface area (Å²) >= 11 is 0. The number of halogens is 1. The molecule has 0 rings (SSSR count). The first kappa shape index (κ1) is 26.7. The number of unbranched alkanes of at least 4 members (excludes halogenated alkanes) is 9. The van der Waals surface area contributed by atoms with Gasteiger partial charge in [0, 0.05) is 19.2 Å². The summed E-state index contributed by atoms with van der Waals surface area (Å²) in [6.45, 7) is 9.27. The minimum Gasteiger partial charge on any atom is -0.277 e. The van der Waals surface area contributed by atoms with E-state index in [4.69, 9.17) is 0 Å². The van der Waals surface area contributed by atoms with Gasteiger partial charge in [0.2, 0.25) is 0 Å².